The van der Waals surface area contributed by atoms with E-state index in [1.807, 2.05) is 19.9 Å². The maximum atomic E-state index is 12.1. The highest BCUT2D eigenvalue weighted by Gasteiger charge is 2.26. The summed E-state index contributed by atoms with van der Waals surface area (Å²) in [4.78, 5) is 26.7. The van der Waals surface area contributed by atoms with Gasteiger partial charge in [-0.1, -0.05) is 23.7 Å². The van der Waals surface area contributed by atoms with Crippen molar-refractivity contribution < 1.29 is 19.2 Å². The Morgan fingerprint density at radius 3 is 2.74 bits per heavy atom. The Labute approximate surface area is 160 Å². The van der Waals surface area contributed by atoms with Gasteiger partial charge in [0.05, 0.1) is 11.0 Å². The third-order valence-corrected chi connectivity index (χ3v) is 3.86. The molecule has 138 valence electrons. The van der Waals surface area contributed by atoms with Crippen LogP contribution in [0, 0.1) is 10.1 Å². The van der Waals surface area contributed by atoms with Crippen molar-refractivity contribution in [3.05, 3.63) is 74.4 Å². The van der Waals surface area contributed by atoms with Crippen molar-refractivity contribution in [2.45, 2.75) is 20.0 Å². The number of carbonyl (C=O) groups excluding carboxylic acids is 1. The average Bonchev–Trinajstić information content (AvgIpc) is 2.95. The van der Waals surface area contributed by atoms with Crippen molar-refractivity contribution in [2.24, 2.45) is 4.99 Å². The lowest BCUT2D eigenvalue weighted by molar-refractivity contribution is -0.384. The standard InChI is InChI=1S/C19H15ClN2O5/c1-11(2)26-14-5-3-4-12(8-14)9-16-19(23)27-18(21-16)13-6-7-15(20)17(10-13)22(24)25/h3-11H,1-2H3/b16-9-. The smallest absolute Gasteiger partial charge is 0.363 e. The SMILES string of the molecule is CC(C)Oc1cccc(/C=C2\N=C(c3ccc(Cl)c([N+](=O)[O-])c3)OC2=O)c1. The monoisotopic (exact) mass is 386 g/mol. The van der Waals surface area contributed by atoms with E-state index in [0.29, 0.717) is 16.9 Å². The maximum absolute atomic E-state index is 12.1. The van der Waals surface area contributed by atoms with Gasteiger partial charge in [-0.05, 0) is 49.8 Å². The largest absolute Gasteiger partial charge is 0.491 e. The number of hydrogen-bond acceptors (Lipinski definition) is 6. The molecule has 0 amide bonds. The Morgan fingerprint density at radius 1 is 1.26 bits per heavy atom. The predicted molar refractivity (Wildman–Crippen MR) is 101 cm³/mol. The van der Waals surface area contributed by atoms with Crippen LogP contribution < -0.4 is 4.74 Å². The molecule has 2 aromatic carbocycles. The summed E-state index contributed by atoms with van der Waals surface area (Å²) in [5, 5.41) is 11.0. The van der Waals surface area contributed by atoms with Crippen LogP contribution in [0.4, 0.5) is 5.69 Å². The van der Waals surface area contributed by atoms with E-state index in [2.05, 4.69) is 4.99 Å². The second-order valence-corrected chi connectivity index (χ2v) is 6.41. The molecule has 0 radical (unpaired) electrons. The summed E-state index contributed by atoms with van der Waals surface area (Å²) in [6.45, 7) is 3.84. The van der Waals surface area contributed by atoms with Crippen LogP contribution >= 0.6 is 11.6 Å². The first-order chi connectivity index (χ1) is 12.8. The van der Waals surface area contributed by atoms with Crippen LogP contribution in [0.1, 0.15) is 25.0 Å². The van der Waals surface area contributed by atoms with Crippen molar-refractivity contribution in [3.63, 3.8) is 0 Å². The molecular weight excluding hydrogens is 372 g/mol. The minimum Gasteiger partial charge on any atom is -0.491 e. The molecule has 0 aliphatic carbocycles. The zero-order valence-corrected chi connectivity index (χ0v) is 15.3. The van der Waals surface area contributed by atoms with E-state index in [0.717, 1.165) is 0 Å². The van der Waals surface area contributed by atoms with E-state index in [-0.39, 0.29) is 28.4 Å². The van der Waals surface area contributed by atoms with Gasteiger partial charge in [-0.15, -0.1) is 0 Å². The number of nitro groups is 1. The van der Waals surface area contributed by atoms with Gasteiger partial charge in [0.25, 0.3) is 5.69 Å². The van der Waals surface area contributed by atoms with E-state index in [9.17, 15) is 14.9 Å². The van der Waals surface area contributed by atoms with Gasteiger partial charge in [-0.3, -0.25) is 10.1 Å². The van der Waals surface area contributed by atoms with Crippen LogP contribution in [0.5, 0.6) is 5.75 Å². The topological polar surface area (TPSA) is 91.0 Å². The summed E-state index contributed by atoms with van der Waals surface area (Å²) in [5.41, 5.74) is 0.806. The molecule has 0 fully saturated rings. The molecule has 8 heteroatoms. The Hall–Kier alpha value is -3.19. The number of nitro benzene ring substituents is 1. The number of carbonyl (C=O) groups is 1. The molecule has 0 bridgehead atoms. The highest BCUT2D eigenvalue weighted by Crippen LogP contribution is 2.28. The highest BCUT2D eigenvalue weighted by molar-refractivity contribution is 6.32. The predicted octanol–water partition coefficient (Wildman–Crippen LogP) is 4.38. The number of rotatable bonds is 5. The Balaban J connectivity index is 1.92. The lowest BCUT2D eigenvalue weighted by Crippen LogP contribution is -2.06. The van der Waals surface area contributed by atoms with Gasteiger partial charge in [-0.25, -0.2) is 9.79 Å². The number of ether oxygens (including phenoxy) is 2. The molecule has 27 heavy (non-hydrogen) atoms. The van der Waals surface area contributed by atoms with Crippen LogP contribution in [-0.2, 0) is 9.53 Å². The zero-order valence-electron chi connectivity index (χ0n) is 14.5. The first-order valence-corrected chi connectivity index (χ1v) is 8.45. The van der Waals surface area contributed by atoms with Crippen LogP contribution in [0.25, 0.3) is 6.08 Å². The fourth-order valence-electron chi connectivity index (χ4n) is 2.43. The second-order valence-electron chi connectivity index (χ2n) is 6.00. The number of esters is 1. The fourth-order valence-corrected chi connectivity index (χ4v) is 2.61. The number of cyclic esters (lactones) is 1. The Morgan fingerprint density at radius 2 is 2.04 bits per heavy atom. The van der Waals surface area contributed by atoms with Crippen molar-refractivity contribution in [1.29, 1.82) is 0 Å². The van der Waals surface area contributed by atoms with Gasteiger partial charge in [0.2, 0.25) is 5.90 Å². The van der Waals surface area contributed by atoms with Gasteiger partial charge in [0.1, 0.15) is 10.8 Å². The number of benzene rings is 2. The molecule has 3 rings (SSSR count). The number of hydrogen-bond donors (Lipinski definition) is 0. The van der Waals surface area contributed by atoms with Crippen molar-refractivity contribution >= 4 is 35.2 Å². The van der Waals surface area contributed by atoms with Crippen LogP contribution in [-0.4, -0.2) is 22.9 Å². The lowest BCUT2D eigenvalue weighted by Gasteiger charge is -2.09. The second kappa shape index (κ2) is 7.59. The van der Waals surface area contributed by atoms with E-state index in [4.69, 9.17) is 21.1 Å². The molecule has 2 aromatic rings. The molecule has 0 aromatic heterocycles. The lowest BCUT2D eigenvalue weighted by atomic mass is 10.2. The van der Waals surface area contributed by atoms with E-state index < -0.39 is 10.9 Å². The van der Waals surface area contributed by atoms with Gasteiger partial charge < -0.3 is 9.47 Å². The molecule has 1 aliphatic heterocycles. The molecule has 0 saturated carbocycles. The molecule has 7 nitrogen and oxygen atoms in total. The normalized spacial score (nSPS) is 15.0. The van der Waals surface area contributed by atoms with Crippen molar-refractivity contribution in [2.75, 3.05) is 0 Å². The molecule has 0 saturated heterocycles. The Bertz CT molecular complexity index is 982. The summed E-state index contributed by atoms with van der Waals surface area (Å²) >= 11 is 5.80. The summed E-state index contributed by atoms with van der Waals surface area (Å²) in [6, 6.07) is 11.3. The number of aliphatic imine (C=N–C) groups is 1. The summed E-state index contributed by atoms with van der Waals surface area (Å²) < 4.78 is 10.8. The summed E-state index contributed by atoms with van der Waals surface area (Å²) in [7, 11) is 0. The minimum atomic E-state index is -0.641. The number of halogens is 1. The third-order valence-electron chi connectivity index (χ3n) is 3.54. The maximum Gasteiger partial charge on any atom is 0.363 e. The fraction of sp³-hybridized carbons (Fsp3) is 0.158. The van der Waals surface area contributed by atoms with E-state index >= 15 is 0 Å². The van der Waals surface area contributed by atoms with Crippen molar-refractivity contribution in [1.82, 2.24) is 0 Å². The van der Waals surface area contributed by atoms with Gasteiger partial charge in [0, 0.05) is 11.6 Å². The van der Waals surface area contributed by atoms with Gasteiger partial charge >= 0.3 is 5.97 Å². The number of nitrogens with zero attached hydrogens (tertiary/aromatic N) is 2. The van der Waals surface area contributed by atoms with Gasteiger partial charge in [0.15, 0.2) is 5.70 Å². The van der Waals surface area contributed by atoms with Crippen molar-refractivity contribution in [3.8, 4) is 5.75 Å². The summed E-state index contributed by atoms with van der Waals surface area (Å²) in [6.07, 6.45) is 1.59. The molecule has 0 unspecified atom stereocenters. The van der Waals surface area contributed by atoms with E-state index in [1.165, 1.54) is 18.2 Å². The molecule has 0 atom stereocenters. The molecule has 0 spiro atoms. The molecule has 0 N–H and O–H groups in total. The first-order valence-electron chi connectivity index (χ1n) is 8.07. The van der Waals surface area contributed by atoms with E-state index in [1.54, 1.807) is 24.3 Å². The zero-order chi connectivity index (χ0) is 19.6. The first kappa shape index (κ1) is 18.6. The minimum absolute atomic E-state index is 0.00796. The Kier molecular flexibility index (Phi) is 5.23. The average molecular weight is 387 g/mol. The quantitative estimate of drug-likeness (QED) is 0.329. The molecule has 1 heterocycles. The van der Waals surface area contributed by atoms with Crippen LogP contribution in [0.2, 0.25) is 5.02 Å². The van der Waals surface area contributed by atoms with Crippen LogP contribution in [0.3, 0.4) is 0 Å². The molecular formula is C19H15ClN2O5. The van der Waals surface area contributed by atoms with Gasteiger partial charge in [-0.2, -0.15) is 0 Å². The summed E-state index contributed by atoms with van der Waals surface area (Å²) in [5.74, 6) is 0.0154. The molecule has 1 aliphatic rings. The third kappa shape index (κ3) is 4.32. The van der Waals surface area contributed by atoms with Crippen LogP contribution in [0.15, 0.2) is 53.2 Å². The highest BCUT2D eigenvalue weighted by atomic mass is 35.5.